The number of anilines is 1. The maximum atomic E-state index is 11.8. The van der Waals surface area contributed by atoms with Crippen molar-refractivity contribution >= 4 is 17.6 Å². The lowest BCUT2D eigenvalue weighted by atomic mass is 9.87. The minimum absolute atomic E-state index is 0.0170. The Balaban J connectivity index is 1.73. The molecule has 2 heterocycles. The summed E-state index contributed by atoms with van der Waals surface area (Å²) in [6.45, 7) is 6.70. The van der Waals surface area contributed by atoms with E-state index in [0.717, 1.165) is 5.56 Å². The number of urea groups is 1. The standard InChI is InChI=1S/C18H20N4O3/c1-18(2,3)12-5-4-6-14(9-12)25-16-19-10-13(11-20-16)22-8-7-15(23)21-17(22)24/h4-6,9-11H,7-8H2,1-3H3,(H,21,23,24). The van der Waals surface area contributed by atoms with Gasteiger partial charge in [-0.15, -0.1) is 0 Å². The van der Waals surface area contributed by atoms with Gasteiger partial charge in [-0.3, -0.25) is 15.0 Å². The minimum Gasteiger partial charge on any atom is -0.424 e. The lowest BCUT2D eigenvalue weighted by molar-refractivity contribution is -0.120. The molecule has 0 radical (unpaired) electrons. The van der Waals surface area contributed by atoms with Crippen molar-refractivity contribution in [1.82, 2.24) is 15.3 Å². The molecule has 0 unspecified atom stereocenters. The average molecular weight is 340 g/mol. The van der Waals surface area contributed by atoms with Gasteiger partial charge in [0.15, 0.2) is 0 Å². The summed E-state index contributed by atoms with van der Waals surface area (Å²) in [4.78, 5) is 32.7. The number of ether oxygens (including phenoxy) is 1. The number of hydrogen-bond acceptors (Lipinski definition) is 5. The van der Waals surface area contributed by atoms with E-state index in [1.54, 1.807) is 0 Å². The molecule has 3 amide bonds. The molecule has 1 saturated heterocycles. The summed E-state index contributed by atoms with van der Waals surface area (Å²) < 4.78 is 5.70. The second-order valence-corrected chi connectivity index (χ2v) is 6.86. The van der Waals surface area contributed by atoms with Crippen molar-refractivity contribution in [2.24, 2.45) is 0 Å². The first kappa shape index (κ1) is 16.9. The van der Waals surface area contributed by atoms with Crippen LogP contribution < -0.4 is 15.0 Å². The number of carbonyl (C=O) groups excluding carboxylic acids is 2. The molecule has 130 valence electrons. The highest BCUT2D eigenvalue weighted by molar-refractivity contribution is 6.05. The fourth-order valence-electron chi connectivity index (χ4n) is 2.44. The molecule has 7 heteroatoms. The third-order valence-corrected chi connectivity index (χ3v) is 3.89. The molecule has 1 aliphatic heterocycles. The van der Waals surface area contributed by atoms with Gasteiger partial charge in [-0.25, -0.2) is 14.8 Å². The normalized spacial score (nSPS) is 15.1. The fourth-order valence-corrected chi connectivity index (χ4v) is 2.44. The van der Waals surface area contributed by atoms with Crippen LogP contribution in [0.3, 0.4) is 0 Å². The molecular formula is C18H20N4O3. The van der Waals surface area contributed by atoms with Crippen molar-refractivity contribution in [3.63, 3.8) is 0 Å². The summed E-state index contributed by atoms with van der Waals surface area (Å²) in [6.07, 6.45) is 3.26. The molecule has 0 spiro atoms. The summed E-state index contributed by atoms with van der Waals surface area (Å²) in [6, 6.07) is 7.51. The second kappa shape index (κ2) is 6.51. The van der Waals surface area contributed by atoms with Crippen molar-refractivity contribution in [3.05, 3.63) is 42.2 Å². The van der Waals surface area contributed by atoms with Crippen molar-refractivity contribution in [2.75, 3.05) is 11.4 Å². The maximum Gasteiger partial charge on any atom is 0.328 e. The number of nitrogens with one attached hydrogen (secondary N) is 1. The monoisotopic (exact) mass is 340 g/mol. The highest BCUT2D eigenvalue weighted by atomic mass is 16.5. The van der Waals surface area contributed by atoms with Crippen LogP contribution in [0.15, 0.2) is 36.7 Å². The predicted molar refractivity (Wildman–Crippen MR) is 92.7 cm³/mol. The highest BCUT2D eigenvalue weighted by Crippen LogP contribution is 2.27. The lowest BCUT2D eigenvalue weighted by Crippen LogP contribution is -2.49. The summed E-state index contributed by atoms with van der Waals surface area (Å²) in [7, 11) is 0. The smallest absolute Gasteiger partial charge is 0.328 e. The molecule has 0 bridgehead atoms. The first-order valence-corrected chi connectivity index (χ1v) is 8.05. The number of rotatable bonds is 3. The summed E-state index contributed by atoms with van der Waals surface area (Å²) >= 11 is 0. The van der Waals surface area contributed by atoms with Crippen LogP contribution in [0, 0.1) is 0 Å². The van der Waals surface area contributed by atoms with Crippen LogP contribution in [0.2, 0.25) is 0 Å². The first-order chi connectivity index (χ1) is 11.8. The molecule has 1 aromatic carbocycles. The zero-order chi connectivity index (χ0) is 18.0. The number of amides is 3. The van der Waals surface area contributed by atoms with E-state index in [4.69, 9.17) is 4.74 Å². The Bertz CT molecular complexity index is 797. The molecule has 1 aliphatic rings. The van der Waals surface area contributed by atoms with Crippen molar-refractivity contribution < 1.29 is 14.3 Å². The highest BCUT2D eigenvalue weighted by Gasteiger charge is 2.24. The van der Waals surface area contributed by atoms with Gasteiger partial charge >= 0.3 is 12.0 Å². The summed E-state index contributed by atoms with van der Waals surface area (Å²) in [5.41, 5.74) is 1.68. The van der Waals surface area contributed by atoms with E-state index in [2.05, 4.69) is 36.1 Å². The van der Waals surface area contributed by atoms with Crippen LogP contribution in [-0.2, 0) is 10.2 Å². The largest absolute Gasteiger partial charge is 0.424 e. The molecule has 3 rings (SSSR count). The van der Waals surface area contributed by atoms with E-state index in [0.29, 0.717) is 18.0 Å². The Morgan fingerprint density at radius 3 is 2.52 bits per heavy atom. The summed E-state index contributed by atoms with van der Waals surface area (Å²) in [5, 5.41) is 2.26. The van der Waals surface area contributed by atoms with Crippen LogP contribution in [0.25, 0.3) is 0 Å². The predicted octanol–water partition coefficient (Wildman–Crippen LogP) is 3.01. The summed E-state index contributed by atoms with van der Waals surface area (Å²) in [5.74, 6) is 0.377. The van der Waals surface area contributed by atoms with Gasteiger partial charge < -0.3 is 4.74 Å². The zero-order valence-corrected chi connectivity index (χ0v) is 14.4. The molecule has 25 heavy (non-hydrogen) atoms. The van der Waals surface area contributed by atoms with E-state index in [1.807, 2.05) is 24.3 Å². The van der Waals surface area contributed by atoms with Gasteiger partial charge in [0.2, 0.25) is 5.91 Å². The molecule has 0 atom stereocenters. The number of hydrogen-bond donors (Lipinski definition) is 1. The molecule has 0 aliphatic carbocycles. The molecule has 2 aromatic rings. The van der Waals surface area contributed by atoms with Crippen LogP contribution in [0.4, 0.5) is 10.5 Å². The fraction of sp³-hybridized carbons (Fsp3) is 0.333. The average Bonchev–Trinajstić information content (AvgIpc) is 2.55. The third kappa shape index (κ3) is 3.93. The molecule has 0 saturated carbocycles. The van der Waals surface area contributed by atoms with Crippen molar-refractivity contribution in [3.8, 4) is 11.8 Å². The zero-order valence-electron chi connectivity index (χ0n) is 14.4. The second-order valence-electron chi connectivity index (χ2n) is 6.86. The molecule has 1 aromatic heterocycles. The van der Waals surface area contributed by atoms with Gasteiger partial charge in [0.1, 0.15) is 5.75 Å². The molecular weight excluding hydrogens is 320 g/mol. The van der Waals surface area contributed by atoms with E-state index in [1.165, 1.54) is 17.3 Å². The van der Waals surface area contributed by atoms with Crippen molar-refractivity contribution in [2.45, 2.75) is 32.6 Å². The van der Waals surface area contributed by atoms with E-state index >= 15 is 0 Å². The van der Waals surface area contributed by atoms with Crippen LogP contribution in [0.1, 0.15) is 32.8 Å². The molecule has 1 N–H and O–H groups in total. The van der Waals surface area contributed by atoms with Gasteiger partial charge in [-0.1, -0.05) is 32.9 Å². The van der Waals surface area contributed by atoms with Crippen LogP contribution >= 0.6 is 0 Å². The number of benzene rings is 1. The van der Waals surface area contributed by atoms with E-state index < -0.39 is 6.03 Å². The van der Waals surface area contributed by atoms with E-state index in [-0.39, 0.29) is 23.8 Å². The molecule has 7 nitrogen and oxygen atoms in total. The third-order valence-electron chi connectivity index (χ3n) is 3.89. The lowest BCUT2D eigenvalue weighted by Gasteiger charge is -2.25. The van der Waals surface area contributed by atoms with Gasteiger partial charge in [0.25, 0.3) is 0 Å². The van der Waals surface area contributed by atoms with Crippen LogP contribution in [0.5, 0.6) is 11.8 Å². The number of carbonyl (C=O) groups is 2. The Morgan fingerprint density at radius 1 is 1.16 bits per heavy atom. The topological polar surface area (TPSA) is 84.4 Å². The first-order valence-electron chi connectivity index (χ1n) is 8.05. The quantitative estimate of drug-likeness (QED) is 0.928. The molecule has 1 fully saturated rings. The number of aromatic nitrogens is 2. The Morgan fingerprint density at radius 2 is 1.88 bits per heavy atom. The van der Waals surface area contributed by atoms with Gasteiger partial charge in [0, 0.05) is 13.0 Å². The van der Waals surface area contributed by atoms with Crippen molar-refractivity contribution in [1.29, 1.82) is 0 Å². The van der Waals surface area contributed by atoms with Crippen LogP contribution in [-0.4, -0.2) is 28.5 Å². The van der Waals surface area contributed by atoms with E-state index in [9.17, 15) is 9.59 Å². The SMILES string of the molecule is CC(C)(C)c1cccc(Oc2ncc(N3CCC(=O)NC3=O)cn2)c1. The number of imide groups is 1. The van der Waals surface area contributed by atoms with Gasteiger partial charge in [-0.2, -0.15) is 0 Å². The maximum absolute atomic E-state index is 11.8. The minimum atomic E-state index is -0.466. The van der Waals surface area contributed by atoms with Gasteiger partial charge in [-0.05, 0) is 23.1 Å². The Labute approximate surface area is 146 Å². The van der Waals surface area contributed by atoms with Gasteiger partial charge in [0.05, 0.1) is 18.1 Å². The Hall–Kier alpha value is -2.96. The number of nitrogens with zero attached hydrogens (tertiary/aromatic N) is 3. The Kier molecular flexibility index (Phi) is 4.39.